The quantitative estimate of drug-likeness (QED) is 0.734. The monoisotopic (exact) mass is 223 g/mol. The summed E-state index contributed by atoms with van der Waals surface area (Å²) in [6, 6.07) is 5.41. The molecule has 1 unspecified atom stereocenters. The number of benzene rings is 1. The predicted octanol–water partition coefficient (Wildman–Crippen LogP) is 1.94. The average molecular weight is 223 g/mol. The van der Waals surface area contributed by atoms with E-state index in [-0.39, 0.29) is 11.2 Å². The van der Waals surface area contributed by atoms with Gasteiger partial charge in [-0.25, -0.2) is 0 Å². The van der Waals surface area contributed by atoms with Crippen LogP contribution in [0.2, 0.25) is 0 Å². The van der Waals surface area contributed by atoms with Crippen molar-refractivity contribution in [3.8, 4) is 5.75 Å². The lowest BCUT2D eigenvalue weighted by atomic mass is 9.85. The summed E-state index contributed by atoms with van der Waals surface area (Å²) in [5.74, 6) is 0.149. The van der Waals surface area contributed by atoms with Gasteiger partial charge in [0.05, 0.1) is 6.10 Å². The first-order valence-corrected chi connectivity index (χ1v) is 5.52. The number of likely N-dealkylation sites (N-methyl/N-ethyl adjacent to an activating group) is 1. The summed E-state index contributed by atoms with van der Waals surface area (Å²) in [5, 5.41) is 22.5. The van der Waals surface area contributed by atoms with E-state index in [0.717, 1.165) is 5.56 Å². The zero-order chi connectivity index (χ0) is 12.3. The van der Waals surface area contributed by atoms with Crippen LogP contribution in [-0.2, 0) is 5.41 Å². The van der Waals surface area contributed by atoms with E-state index in [4.69, 9.17) is 0 Å². The van der Waals surface area contributed by atoms with Gasteiger partial charge >= 0.3 is 0 Å². The van der Waals surface area contributed by atoms with Gasteiger partial charge in [-0.2, -0.15) is 0 Å². The topological polar surface area (TPSA) is 52.5 Å². The molecule has 16 heavy (non-hydrogen) atoms. The van der Waals surface area contributed by atoms with E-state index in [2.05, 4.69) is 26.1 Å². The van der Waals surface area contributed by atoms with Crippen LogP contribution in [0.1, 0.15) is 38.0 Å². The van der Waals surface area contributed by atoms with Crippen molar-refractivity contribution in [2.45, 2.75) is 32.3 Å². The number of rotatable bonds is 3. The third-order valence-electron chi connectivity index (χ3n) is 2.65. The van der Waals surface area contributed by atoms with Crippen LogP contribution in [0.25, 0.3) is 0 Å². The molecule has 0 heterocycles. The molecule has 3 N–H and O–H groups in total. The molecule has 0 amide bonds. The molecule has 3 heteroatoms. The fourth-order valence-corrected chi connectivity index (χ4v) is 1.59. The SMILES string of the molecule is CNCC(O)c1cc(C(C)(C)C)ccc1O. The van der Waals surface area contributed by atoms with Crippen molar-refractivity contribution in [3.05, 3.63) is 29.3 Å². The summed E-state index contributed by atoms with van der Waals surface area (Å²) in [6.45, 7) is 6.75. The molecule has 0 radical (unpaired) electrons. The molecule has 1 aromatic carbocycles. The maximum Gasteiger partial charge on any atom is 0.121 e. The van der Waals surface area contributed by atoms with Crippen molar-refractivity contribution in [1.82, 2.24) is 5.32 Å². The highest BCUT2D eigenvalue weighted by Gasteiger charge is 2.18. The second kappa shape index (κ2) is 4.85. The second-order valence-corrected chi connectivity index (χ2v) is 5.10. The first-order valence-electron chi connectivity index (χ1n) is 5.52. The van der Waals surface area contributed by atoms with Crippen molar-refractivity contribution in [2.24, 2.45) is 0 Å². The maximum atomic E-state index is 9.87. The number of phenolic OH excluding ortho intramolecular Hbond substituents is 1. The normalized spacial score (nSPS) is 13.8. The highest BCUT2D eigenvalue weighted by atomic mass is 16.3. The lowest BCUT2D eigenvalue weighted by molar-refractivity contribution is 0.173. The molecule has 0 spiro atoms. The van der Waals surface area contributed by atoms with Crippen LogP contribution in [-0.4, -0.2) is 23.8 Å². The van der Waals surface area contributed by atoms with E-state index >= 15 is 0 Å². The van der Waals surface area contributed by atoms with Crippen molar-refractivity contribution in [2.75, 3.05) is 13.6 Å². The molecule has 0 saturated carbocycles. The minimum absolute atomic E-state index is 0.0157. The van der Waals surface area contributed by atoms with E-state index in [1.165, 1.54) is 0 Å². The number of aromatic hydroxyl groups is 1. The number of phenols is 1. The Balaban J connectivity index is 3.09. The third-order valence-corrected chi connectivity index (χ3v) is 2.65. The summed E-state index contributed by atoms with van der Waals surface area (Å²) in [5.41, 5.74) is 1.71. The highest BCUT2D eigenvalue weighted by Crippen LogP contribution is 2.30. The van der Waals surface area contributed by atoms with Crippen LogP contribution in [0.5, 0.6) is 5.75 Å². The maximum absolute atomic E-state index is 9.87. The minimum Gasteiger partial charge on any atom is -0.508 e. The molecular weight excluding hydrogens is 202 g/mol. The van der Waals surface area contributed by atoms with Crippen LogP contribution in [0.3, 0.4) is 0 Å². The molecule has 0 bridgehead atoms. The Labute approximate surface area is 97.1 Å². The van der Waals surface area contributed by atoms with Gasteiger partial charge in [0.2, 0.25) is 0 Å². The molecule has 3 nitrogen and oxygen atoms in total. The number of aliphatic hydroxyl groups is 1. The van der Waals surface area contributed by atoms with E-state index in [9.17, 15) is 10.2 Å². The van der Waals surface area contributed by atoms with Crippen LogP contribution >= 0.6 is 0 Å². The minimum atomic E-state index is -0.674. The van der Waals surface area contributed by atoms with Crippen molar-refractivity contribution < 1.29 is 10.2 Å². The van der Waals surface area contributed by atoms with Gasteiger partial charge in [-0.05, 0) is 30.2 Å². The molecule has 0 aliphatic rings. The number of hydrogen-bond acceptors (Lipinski definition) is 3. The molecule has 0 aliphatic heterocycles. The van der Waals surface area contributed by atoms with E-state index < -0.39 is 6.10 Å². The molecule has 1 atom stereocenters. The van der Waals surface area contributed by atoms with Crippen molar-refractivity contribution in [1.29, 1.82) is 0 Å². The zero-order valence-corrected chi connectivity index (χ0v) is 10.4. The van der Waals surface area contributed by atoms with Crippen LogP contribution in [0.15, 0.2) is 18.2 Å². The molecule has 0 saturated heterocycles. The van der Waals surface area contributed by atoms with Crippen LogP contribution in [0, 0.1) is 0 Å². The van der Waals surface area contributed by atoms with Gasteiger partial charge in [-0.3, -0.25) is 0 Å². The lowest BCUT2D eigenvalue weighted by Crippen LogP contribution is -2.18. The average Bonchev–Trinajstić information content (AvgIpc) is 2.16. The number of aliphatic hydroxyl groups excluding tert-OH is 1. The Morgan fingerprint density at radius 2 is 1.94 bits per heavy atom. The molecule has 0 aliphatic carbocycles. The lowest BCUT2D eigenvalue weighted by Gasteiger charge is -2.21. The first kappa shape index (κ1) is 13.0. The third kappa shape index (κ3) is 2.97. The van der Waals surface area contributed by atoms with Gasteiger partial charge in [-0.15, -0.1) is 0 Å². The summed E-state index contributed by atoms with van der Waals surface area (Å²) >= 11 is 0. The Morgan fingerprint density at radius 3 is 2.44 bits per heavy atom. The largest absolute Gasteiger partial charge is 0.508 e. The summed E-state index contributed by atoms with van der Waals surface area (Å²) in [6.07, 6.45) is -0.674. The Hall–Kier alpha value is -1.06. The molecule has 0 aromatic heterocycles. The number of nitrogens with one attached hydrogen (secondary N) is 1. The van der Waals surface area contributed by atoms with Gasteiger partial charge in [0.1, 0.15) is 5.75 Å². The van der Waals surface area contributed by atoms with Crippen LogP contribution in [0.4, 0.5) is 0 Å². The predicted molar refractivity (Wildman–Crippen MR) is 65.7 cm³/mol. The summed E-state index contributed by atoms with van der Waals surface area (Å²) in [7, 11) is 1.77. The van der Waals surface area contributed by atoms with Crippen LogP contribution < -0.4 is 5.32 Å². The van der Waals surface area contributed by atoms with Gasteiger partial charge in [-0.1, -0.05) is 26.8 Å². The van der Waals surface area contributed by atoms with E-state index in [1.807, 2.05) is 12.1 Å². The van der Waals surface area contributed by atoms with Gasteiger partial charge < -0.3 is 15.5 Å². The second-order valence-electron chi connectivity index (χ2n) is 5.10. The van der Waals surface area contributed by atoms with Crippen molar-refractivity contribution in [3.63, 3.8) is 0 Å². The molecular formula is C13H21NO2. The van der Waals surface area contributed by atoms with Gasteiger partial charge in [0, 0.05) is 12.1 Å². The number of hydrogen-bond donors (Lipinski definition) is 3. The fourth-order valence-electron chi connectivity index (χ4n) is 1.59. The Morgan fingerprint density at radius 1 is 1.31 bits per heavy atom. The molecule has 0 fully saturated rings. The summed E-state index contributed by atoms with van der Waals surface area (Å²) < 4.78 is 0. The standard InChI is InChI=1S/C13H21NO2/c1-13(2,3)9-5-6-11(15)10(7-9)12(16)8-14-4/h5-7,12,14-16H,8H2,1-4H3. The van der Waals surface area contributed by atoms with E-state index in [0.29, 0.717) is 12.1 Å². The zero-order valence-electron chi connectivity index (χ0n) is 10.4. The van der Waals surface area contributed by atoms with E-state index in [1.54, 1.807) is 13.1 Å². The molecule has 90 valence electrons. The highest BCUT2D eigenvalue weighted by molar-refractivity contribution is 5.40. The van der Waals surface area contributed by atoms with Crippen molar-refractivity contribution >= 4 is 0 Å². The summed E-state index contributed by atoms with van der Waals surface area (Å²) in [4.78, 5) is 0. The van der Waals surface area contributed by atoms with Gasteiger partial charge in [0.25, 0.3) is 0 Å². The Bertz CT molecular complexity index is 355. The smallest absolute Gasteiger partial charge is 0.121 e. The molecule has 1 aromatic rings. The van der Waals surface area contributed by atoms with Gasteiger partial charge in [0.15, 0.2) is 0 Å². The Kier molecular flexibility index (Phi) is 3.94. The fraction of sp³-hybridized carbons (Fsp3) is 0.538. The first-order chi connectivity index (χ1) is 7.36. The molecule has 1 rings (SSSR count).